The zero-order valence-electron chi connectivity index (χ0n) is 17.9. The van der Waals surface area contributed by atoms with Crippen LogP contribution in [-0.2, 0) is 11.3 Å². The Morgan fingerprint density at radius 2 is 2.13 bits per heavy atom. The lowest BCUT2D eigenvalue weighted by Crippen LogP contribution is -2.28. The van der Waals surface area contributed by atoms with Gasteiger partial charge in [-0.2, -0.15) is 10.2 Å². The van der Waals surface area contributed by atoms with E-state index in [1.807, 2.05) is 35.3 Å². The summed E-state index contributed by atoms with van der Waals surface area (Å²) in [6.07, 6.45) is 5.73. The Hall–Kier alpha value is -2.98. The summed E-state index contributed by atoms with van der Waals surface area (Å²) in [7, 11) is 4.38. The van der Waals surface area contributed by atoms with Crippen LogP contribution in [-0.4, -0.2) is 34.0 Å². The van der Waals surface area contributed by atoms with E-state index in [-0.39, 0.29) is 11.9 Å². The predicted octanol–water partition coefficient (Wildman–Crippen LogP) is 4.15. The quantitative estimate of drug-likeness (QED) is 0.415. The van der Waals surface area contributed by atoms with Crippen LogP contribution in [0.1, 0.15) is 36.4 Å². The fraction of sp³-hybridized carbons (Fsp3) is 0.292. The second-order valence-electron chi connectivity index (χ2n) is 7.88. The summed E-state index contributed by atoms with van der Waals surface area (Å²) in [6, 6.07) is 12.1. The third-order valence-corrected chi connectivity index (χ3v) is 5.88. The number of rotatable bonds is 7. The van der Waals surface area contributed by atoms with E-state index in [9.17, 15) is 4.79 Å². The van der Waals surface area contributed by atoms with Crippen molar-refractivity contribution in [1.82, 2.24) is 14.8 Å². The Kier molecular flexibility index (Phi) is 6.19. The lowest BCUT2D eigenvalue weighted by Gasteiger charge is -2.23. The van der Waals surface area contributed by atoms with Crippen molar-refractivity contribution >= 4 is 37.6 Å². The van der Waals surface area contributed by atoms with Crippen molar-refractivity contribution in [1.29, 1.82) is 0 Å². The van der Waals surface area contributed by atoms with Gasteiger partial charge in [-0.3, -0.25) is 9.48 Å². The second kappa shape index (κ2) is 9.03. The highest BCUT2D eigenvalue weighted by atomic mass is 31.0. The van der Waals surface area contributed by atoms with Crippen molar-refractivity contribution in [3.8, 4) is 5.75 Å². The SMILES string of the molecule is C=C(CCCn1ncc2ccc(OC)cc21)C(=O)N1N=CCC1c1cc(C)cc(P)c1. The number of methoxy groups -OCH3 is 1. The van der Waals surface area contributed by atoms with Gasteiger partial charge < -0.3 is 4.74 Å². The van der Waals surface area contributed by atoms with Gasteiger partial charge in [-0.15, -0.1) is 9.24 Å². The van der Waals surface area contributed by atoms with Gasteiger partial charge in [0.25, 0.3) is 5.91 Å². The van der Waals surface area contributed by atoms with E-state index in [0.717, 1.165) is 33.9 Å². The molecule has 1 aliphatic rings. The maximum Gasteiger partial charge on any atom is 0.269 e. The van der Waals surface area contributed by atoms with Crippen molar-refractivity contribution in [2.75, 3.05) is 7.11 Å². The van der Waals surface area contributed by atoms with Gasteiger partial charge in [-0.25, -0.2) is 5.01 Å². The highest BCUT2D eigenvalue weighted by Crippen LogP contribution is 2.30. The van der Waals surface area contributed by atoms with Crippen LogP contribution >= 0.6 is 9.24 Å². The largest absolute Gasteiger partial charge is 0.497 e. The lowest BCUT2D eigenvalue weighted by molar-refractivity contribution is -0.129. The first-order chi connectivity index (χ1) is 15.0. The highest BCUT2D eigenvalue weighted by molar-refractivity contribution is 7.27. The summed E-state index contributed by atoms with van der Waals surface area (Å²) in [6.45, 7) is 6.81. The molecule has 1 aliphatic heterocycles. The molecule has 1 aromatic heterocycles. The van der Waals surface area contributed by atoms with Crippen LogP contribution in [0.15, 0.2) is 59.8 Å². The molecular formula is C24H27N4O2P. The van der Waals surface area contributed by atoms with Crippen LogP contribution in [0.4, 0.5) is 0 Å². The Morgan fingerprint density at radius 3 is 2.90 bits per heavy atom. The van der Waals surface area contributed by atoms with Crippen molar-refractivity contribution in [3.63, 3.8) is 0 Å². The van der Waals surface area contributed by atoms with E-state index in [1.54, 1.807) is 12.1 Å². The van der Waals surface area contributed by atoms with E-state index >= 15 is 0 Å². The smallest absolute Gasteiger partial charge is 0.269 e. The number of fused-ring (bicyclic) bond motifs is 1. The number of carbonyl (C=O) groups excluding carboxylic acids is 1. The van der Waals surface area contributed by atoms with E-state index in [1.165, 1.54) is 5.56 Å². The molecule has 0 spiro atoms. The summed E-state index contributed by atoms with van der Waals surface area (Å²) in [4.78, 5) is 13.1. The zero-order valence-corrected chi connectivity index (χ0v) is 19.1. The van der Waals surface area contributed by atoms with E-state index in [0.29, 0.717) is 25.0 Å². The van der Waals surface area contributed by atoms with Crippen molar-refractivity contribution in [3.05, 3.63) is 65.9 Å². The Labute approximate surface area is 184 Å². The molecule has 0 fully saturated rings. The van der Waals surface area contributed by atoms with Crippen molar-refractivity contribution < 1.29 is 9.53 Å². The third kappa shape index (κ3) is 4.54. The number of hydrazone groups is 1. The third-order valence-electron chi connectivity index (χ3n) is 5.55. The molecule has 2 aromatic carbocycles. The molecule has 6 nitrogen and oxygen atoms in total. The van der Waals surface area contributed by atoms with Gasteiger partial charge >= 0.3 is 0 Å². The first-order valence-corrected chi connectivity index (χ1v) is 10.9. The van der Waals surface area contributed by atoms with E-state index in [4.69, 9.17) is 4.74 Å². The van der Waals surface area contributed by atoms with E-state index in [2.05, 4.69) is 51.1 Å². The van der Waals surface area contributed by atoms with Gasteiger partial charge in [0.1, 0.15) is 5.75 Å². The average molecular weight is 434 g/mol. The fourth-order valence-electron chi connectivity index (χ4n) is 3.99. The number of aryl methyl sites for hydroxylation is 2. The maximum absolute atomic E-state index is 13.1. The van der Waals surface area contributed by atoms with Crippen molar-refractivity contribution in [2.45, 2.75) is 38.8 Å². The zero-order chi connectivity index (χ0) is 22.0. The van der Waals surface area contributed by atoms with Crippen LogP contribution in [0.2, 0.25) is 0 Å². The van der Waals surface area contributed by atoms with Crippen LogP contribution in [0.3, 0.4) is 0 Å². The van der Waals surface area contributed by atoms with Gasteiger partial charge in [0.05, 0.1) is 24.9 Å². The van der Waals surface area contributed by atoms with Crippen molar-refractivity contribution in [2.24, 2.45) is 5.10 Å². The molecule has 160 valence electrons. The number of nitrogens with zero attached hydrogens (tertiary/aromatic N) is 4. The van der Waals surface area contributed by atoms with Crippen LogP contribution in [0, 0.1) is 6.92 Å². The molecule has 1 amide bonds. The predicted molar refractivity (Wildman–Crippen MR) is 128 cm³/mol. The molecule has 0 aliphatic carbocycles. The molecule has 0 N–H and O–H groups in total. The summed E-state index contributed by atoms with van der Waals surface area (Å²) in [5, 5.41) is 12.6. The topological polar surface area (TPSA) is 59.7 Å². The molecule has 7 heteroatoms. The van der Waals surface area contributed by atoms with Gasteiger partial charge in [-0.05, 0) is 48.8 Å². The summed E-state index contributed by atoms with van der Waals surface area (Å²) >= 11 is 0. The van der Waals surface area contributed by atoms with Gasteiger partial charge in [0.15, 0.2) is 0 Å². The number of benzene rings is 2. The molecule has 0 saturated carbocycles. The van der Waals surface area contributed by atoms with Crippen LogP contribution in [0.5, 0.6) is 5.75 Å². The fourth-order valence-corrected chi connectivity index (χ4v) is 4.44. The molecule has 0 saturated heterocycles. The number of carbonyl (C=O) groups is 1. The summed E-state index contributed by atoms with van der Waals surface area (Å²) in [5.74, 6) is 0.689. The van der Waals surface area contributed by atoms with Crippen LogP contribution in [0.25, 0.3) is 10.9 Å². The Morgan fingerprint density at radius 1 is 1.29 bits per heavy atom. The molecule has 4 rings (SSSR count). The normalized spacial score (nSPS) is 15.6. The molecule has 2 heterocycles. The minimum atomic E-state index is -0.113. The minimum absolute atomic E-state index is 0.0778. The van der Waals surface area contributed by atoms with Gasteiger partial charge in [0, 0.05) is 36.2 Å². The number of hydrogen-bond donors (Lipinski definition) is 0. The lowest BCUT2D eigenvalue weighted by atomic mass is 10.0. The Bertz CT molecular complexity index is 1150. The minimum Gasteiger partial charge on any atom is -0.497 e. The number of ether oxygens (including phenoxy) is 1. The molecule has 0 bridgehead atoms. The molecule has 0 radical (unpaired) electrons. The number of hydrogen-bond acceptors (Lipinski definition) is 4. The first kappa shape index (κ1) is 21.3. The Balaban J connectivity index is 1.39. The van der Waals surface area contributed by atoms with Gasteiger partial charge in [-0.1, -0.05) is 24.3 Å². The summed E-state index contributed by atoms with van der Waals surface area (Å²) < 4.78 is 7.26. The number of aromatic nitrogens is 2. The monoisotopic (exact) mass is 434 g/mol. The molecule has 2 atom stereocenters. The summed E-state index contributed by atoms with van der Waals surface area (Å²) in [5.41, 5.74) is 3.86. The highest BCUT2D eigenvalue weighted by Gasteiger charge is 2.29. The van der Waals surface area contributed by atoms with Crippen LogP contribution < -0.4 is 10.0 Å². The molecule has 2 unspecified atom stereocenters. The first-order valence-electron chi connectivity index (χ1n) is 10.4. The molecule has 3 aromatic rings. The van der Waals surface area contributed by atoms with Gasteiger partial charge in [0.2, 0.25) is 0 Å². The standard InChI is InChI=1S/C24H27N4O2P/c1-16-11-19(13-21(31)12-16)22-8-9-25-28(22)24(29)17(2)5-4-10-27-23-14-20(30-3)7-6-18(23)15-26-27/h6-7,9,11-15,22H,2,4-5,8,10,31H2,1,3H3. The maximum atomic E-state index is 13.1. The molecule has 31 heavy (non-hydrogen) atoms. The second-order valence-corrected chi connectivity index (χ2v) is 8.54. The van der Waals surface area contributed by atoms with E-state index < -0.39 is 0 Å². The molecular weight excluding hydrogens is 407 g/mol. The average Bonchev–Trinajstić information content (AvgIpc) is 3.39. The number of amides is 1.